The van der Waals surface area contributed by atoms with Crippen molar-refractivity contribution in [2.45, 2.75) is 6.29 Å². The van der Waals surface area contributed by atoms with Gasteiger partial charge in [0.25, 0.3) is 0 Å². The van der Waals surface area contributed by atoms with Crippen molar-refractivity contribution in [2.24, 2.45) is 0 Å². The van der Waals surface area contributed by atoms with E-state index in [2.05, 4.69) is 4.98 Å². The Kier molecular flexibility index (Phi) is 4.29. The first-order chi connectivity index (χ1) is 8.65. The summed E-state index contributed by atoms with van der Waals surface area (Å²) >= 11 is 7.39. The number of nitrogens with zero attached hydrogens (tertiary/aromatic N) is 1. The molecule has 0 amide bonds. The van der Waals surface area contributed by atoms with E-state index in [0.717, 1.165) is 0 Å². The Morgan fingerprint density at radius 2 is 2.06 bits per heavy atom. The zero-order chi connectivity index (χ0) is 13.1. The Hall–Kier alpha value is -1.01. The highest BCUT2D eigenvalue weighted by molar-refractivity contribution is 7.13. The molecule has 0 spiro atoms. The molecule has 1 aromatic heterocycles. The van der Waals surface area contributed by atoms with Gasteiger partial charge in [-0.2, -0.15) is 0 Å². The third-order valence-corrected chi connectivity index (χ3v) is 3.56. The molecule has 0 unspecified atom stereocenters. The lowest BCUT2D eigenvalue weighted by molar-refractivity contribution is -0.108. The first-order valence-corrected chi connectivity index (χ1v) is 6.38. The average Bonchev–Trinajstić information content (AvgIpc) is 2.80. The summed E-state index contributed by atoms with van der Waals surface area (Å²) in [6.07, 6.45) is -0.505. The summed E-state index contributed by atoms with van der Waals surface area (Å²) in [4.78, 5) is 4.37. The van der Waals surface area contributed by atoms with Crippen molar-refractivity contribution in [2.75, 3.05) is 14.2 Å². The van der Waals surface area contributed by atoms with Gasteiger partial charge in [0.05, 0.1) is 5.02 Å². The highest BCUT2D eigenvalue weighted by Gasteiger charge is 2.15. The number of halogens is 2. The normalized spacial score (nSPS) is 11.2. The van der Waals surface area contributed by atoms with Crippen molar-refractivity contribution in [1.29, 1.82) is 0 Å². The topological polar surface area (TPSA) is 31.4 Å². The summed E-state index contributed by atoms with van der Waals surface area (Å²) in [6.45, 7) is 0. The molecule has 0 saturated heterocycles. The molecule has 1 aromatic carbocycles. The molecule has 3 nitrogen and oxygen atoms in total. The van der Waals surface area contributed by atoms with Crippen molar-refractivity contribution in [1.82, 2.24) is 4.98 Å². The predicted molar refractivity (Wildman–Crippen MR) is 69.3 cm³/mol. The van der Waals surface area contributed by atoms with Gasteiger partial charge in [-0.3, -0.25) is 0 Å². The summed E-state index contributed by atoms with van der Waals surface area (Å²) in [5.41, 5.74) is 1.36. The second-order valence-electron chi connectivity index (χ2n) is 3.51. The average molecular weight is 288 g/mol. The van der Waals surface area contributed by atoms with Gasteiger partial charge >= 0.3 is 0 Å². The summed E-state index contributed by atoms with van der Waals surface area (Å²) in [5.74, 6) is -0.368. The molecular weight excluding hydrogens is 277 g/mol. The zero-order valence-electron chi connectivity index (χ0n) is 9.81. The molecule has 18 heavy (non-hydrogen) atoms. The van der Waals surface area contributed by atoms with Crippen molar-refractivity contribution in [3.05, 3.63) is 40.1 Å². The summed E-state index contributed by atoms with van der Waals surface area (Å²) < 4.78 is 23.2. The molecule has 0 radical (unpaired) electrons. The lowest BCUT2D eigenvalue weighted by Crippen LogP contribution is -2.03. The third-order valence-electron chi connectivity index (χ3n) is 2.35. The van der Waals surface area contributed by atoms with Gasteiger partial charge in [0.2, 0.25) is 6.29 Å². The van der Waals surface area contributed by atoms with E-state index in [-0.39, 0.29) is 5.82 Å². The number of benzene rings is 1. The quantitative estimate of drug-likeness (QED) is 0.799. The second kappa shape index (κ2) is 5.75. The van der Waals surface area contributed by atoms with Gasteiger partial charge in [0.1, 0.15) is 16.5 Å². The minimum absolute atomic E-state index is 0.335. The number of rotatable bonds is 4. The van der Waals surface area contributed by atoms with Crippen LogP contribution in [0.15, 0.2) is 23.6 Å². The van der Waals surface area contributed by atoms with E-state index in [0.29, 0.717) is 21.3 Å². The van der Waals surface area contributed by atoms with Crippen molar-refractivity contribution in [3.63, 3.8) is 0 Å². The van der Waals surface area contributed by atoms with Crippen LogP contribution in [0.2, 0.25) is 5.02 Å². The molecule has 0 aliphatic rings. The fraction of sp³-hybridized carbons (Fsp3) is 0.250. The Morgan fingerprint density at radius 3 is 2.67 bits per heavy atom. The first-order valence-electron chi connectivity index (χ1n) is 5.12. The van der Waals surface area contributed by atoms with Crippen LogP contribution in [0.25, 0.3) is 10.6 Å². The van der Waals surface area contributed by atoms with Gasteiger partial charge in [-0.25, -0.2) is 9.37 Å². The Labute approximate surface area is 113 Å². The Morgan fingerprint density at radius 1 is 1.33 bits per heavy atom. The van der Waals surface area contributed by atoms with E-state index in [9.17, 15) is 4.39 Å². The van der Waals surface area contributed by atoms with E-state index in [1.807, 2.05) is 5.38 Å². The van der Waals surface area contributed by atoms with Crippen LogP contribution in [-0.4, -0.2) is 19.2 Å². The third kappa shape index (κ3) is 2.70. The number of aromatic nitrogens is 1. The smallest absolute Gasteiger partial charge is 0.201 e. The monoisotopic (exact) mass is 287 g/mol. The molecule has 0 saturated carbocycles. The maximum absolute atomic E-state index is 13.0. The molecule has 6 heteroatoms. The molecule has 96 valence electrons. The van der Waals surface area contributed by atoms with E-state index in [1.165, 1.54) is 37.7 Å². The van der Waals surface area contributed by atoms with Crippen LogP contribution in [-0.2, 0) is 9.47 Å². The second-order valence-corrected chi connectivity index (χ2v) is 4.77. The number of thiazole rings is 1. The zero-order valence-corrected chi connectivity index (χ0v) is 11.4. The fourth-order valence-electron chi connectivity index (χ4n) is 1.52. The molecule has 2 aromatic rings. The highest BCUT2D eigenvalue weighted by Crippen LogP contribution is 2.32. The number of hydrogen-bond donors (Lipinski definition) is 0. The minimum Gasteiger partial charge on any atom is -0.350 e. The van der Waals surface area contributed by atoms with Gasteiger partial charge in [0.15, 0.2) is 0 Å². The Bertz CT molecular complexity index is 543. The van der Waals surface area contributed by atoms with Gasteiger partial charge in [-0.15, -0.1) is 11.3 Å². The standard InChI is InChI=1S/C12H11ClFNO2S/c1-16-12(17-2)10-6-18-11(15-10)8-4-3-7(14)5-9(8)13/h3-6,12H,1-2H3. The van der Waals surface area contributed by atoms with E-state index in [1.54, 1.807) is 6.07 Å². The Balaban J connectivity index is 2.34. The molecule has 0 fully saturated rings. The first kappa shape index (κ1) is 13.4. The largest absolute Gasteiger partial charge is 0.350 e. The predicted octanol–water partition coefficient (Wildman–Crippen LogP) is 3.89. The maximum Gasteiger partial charge on any atom is 0.201 e. The molecule has 0 aliphatic heterocycles. The summed E-state index contributed by atoms with van der Waals surface area (Å²) in [6, 6.07) is 4.23. The van der Waals surface area contributed by atoms with Gasteiger partial charge in [-0.1, -0.05) is 11.6 Å². The molecule has 1 heterocycles. The van der Waals surface area contributed by atoms with Crippen LogP contribution in [0, 0.1) is 5.82 Å². The number of ether oxygens (including phenoxy) is 2. The van der Waals surface area contributed by atoms with Crippen LogP contribution in [0.4, 0.5) is 4.39 Å². The highest BCUT2D eigenvalue weighted by atomic mass is 35.5. The van der Waals surface area contributed by atoms with Gasteiger partial charge in [0, 0.05) is 25.2 Å². The van der Waals surface area contributed by atoms with Gasteiger partial charge < -0.3 is 9.47 Å². The maximum atomic E-state index is 13.0. The summed E-state index contributed by atoms with van der Waals surface area (Å²) in [7, 11) is 3.08. The van der Waals surface area contributed by atoms with E-state index in [4.69, 9.17) is 21.1 Å². The molecule has 0 bridgehead atoms. The number of methoxy groups -OCH3 is 2. The minimum atomic E-state index is -0.505. The van der Waals surface area contributed by atoms with Crippen molar-refractivity contribution < 1.29 is 13.9 Å². The van der Waals surface area contributed by atoms with E-state index < -0.39 is 6.29 Å². The lowest BCUT2D eigenvalue weighted by atomic mass is 10.2. The summed E-state index contributed by atoms with van der Waals surface area (Å²) in [5, 5.41) is 2.86. The van der Waals surface area contributed by atoms with Gasteiger partial charge in [-0.05, 0) is 18.2 Å². The molecule has 0 atom stereocenters. The fourth-order valence-corrected chi connectivity index (χ4v) is 2.69. The lowest BCUT2D eigenvalue weighted by Gasteiger charge is -2.09. The van der Waals surface area contributed by atoms with E-state index >= 15 is 0 Å². The molecule has 0 N–H and O–H groups in total. The molecule has 2 rings (SSSR count). The van der Waals surface area contributed by atoms with Crippen molar-refractivity contribution >= 4 is 22.9 Å². The van der Waals surface area contributed by atoms with Crippen LogP contribution in [0.5, 0.6) is 0 Å². The molecular formula is C12H11ClFNO2S. The SMILES string of the molecule is COC(OC)c1csc(-c2ccc(F)cc2Cl)n1. The number of hydrogen-bond acceptors (Lipinski definition) is 4. The van der Waals surface area contributed by atoms with Crippen LogP contribution >= 0.6 is 22.9 Å². The van der Waals surface area contributed by atoms with Crippen LogP contribution in [0.1, 0.15) is 12.0 Å². The van der Waals surface area contributed by atoms with Crippen molar-refractivity contribution in [3.8, 4) is 10.6 Å². The van der Waals surface area contributed by atoms with Crippen LogP contribution < -0.4 is 0 Å². The van der Waals surface area contributed by atoms with Crippen LogP contribution in [0.3, 0.4) is 0 Å². The molecule has 0 aliphatic carbocycles.